The Morgan fingerprint density at radius 2 is 0.487 bits per heavy atom. The van der Waals surface area contributed by atoms with Crippen molar-refractivity contribution >= 4 is 17.9 Å². The highest BCUT2D eigenvalue weighted by Crippen LogP contribution is 2.15. The van der Waals surface area contributed by atoms with Crippen LogP contribution in [-0.2, 0) is 28.6 Å². The van der Waals surface area contributed by atoms with E-state index in [0.717, 1.165) is 135 Å². The van der Waals surface area contributed by atoms with Crippen LogP contribution in [0.2, 0.25) is 0 Å². The first-order valence-corrected chi connectivity index (χ1v) is 33.5. The van der Waals surface area contributed by atoms with E-state index in [1.807, 2.05) is 0 Å². The van der Waals surface area contributed by atoms with Gasteiger partial charge in [-0.2, -0.15) is 0 Å². The highest BCUT2D eigenvalue weighted by molar-refractivity contribution is 5.71. The molecule has 1 atom stereocenters. The molecule has 0 N–H and O–H groups in total. The maximum absolute atomic E-state index is 12.9. The molecule has 0 aromatic carbocycles. The van der Waals surface area contributed by atoms with Gasteiger partial charge in [0.25, 0.3) is 0 Å². The van der Waals surface area contributed by atoms with Crippen molar-refractivity contribution in [3.8, 4) is 0 Å². The lowest BCUT2D eigenvalue weighted by Crippen LogP contribution is -2.30. The number of ether oxygens (including phenoxy) is 3. The molecule has 6 nitrogen and oxygen atoms in total. The van der Waals surface area contributed by atoms with Gasteiger partial charge in [0, 0.05) is 19.3 Å². The molecule has 80 heavy (non-hydrogen) atoms. The SMILES string of the molecule is CC/C=C\C/C=C\C/C=C\C/C=C\C/C=C\C/C=C\CCCCCCCCCCC(=O)OCC(COC(=O)CCCCCCC/C=C\CCCCCCCCC)OC(=O)CCCCCCCC/C=C\C/C=C\C/C=C\CCCCC. The van der Waals surface area contributed by atoms with Gasteiger partial charge in [0.15, 0.2) is 6.10 Å². The molecule has 0 fully saturated rings. The van der Waals surface area contributed by atoms with E-state index in [0.29, 0.717) is 19.3 Å². The zero-order valence-corrected chi connectivity index (χ0v) is 52.3. The monoisotopic (exact) mass is 1110 g/mol. The lowest BCUT2D eigenvalue weighted by Gasteiger charge is -2.18. The van der Waals surface area contributed by atoms with Gasteiger partial charge in [-0.1, -0.05) is 277 Å². The van der Waals surface area contributed by atoms with E-state index >= 15 is 0 Å². The van der Waals surface area contributed by atoms with Crippen LogP contribution >= 0.6 is 0 Å². The van der Waals surface area contributed by atoms with Crippen LogP contribution in [0.3, 0.4) is 0 Å². The fourth-order valence-corrected chi connectivity index (χ4v) is 9.15. The Balaban J connectivity index is 4.41. The largest absolute Gasteiger partial charge is 0.462 e. The molecular formula is C74H124O6. The van der Waals surface area contributed by atoms with Crippen LogP contribution in [0.4, 0.5) is 0 Å². The van der Waals surface area contributed by atoms with E-state index in [1.54, 1.807) is 0 Å². The molecule has 0 amide bonds. The minimum absolute atomic E-state index is 0.0916. The highest BCUT2D eigenvalue weighted by atomic mass is 16.6. The van der Waals surface area contributed by atoms with Crippen molar-refractivity contribution in [1.29, 1.82) is 0 Å². The fraction of sp³-hybridized carbons (Fsp3) is 0.689. The fourth-order valence-electron chi connectivity index (χ4n) is 9.15. The number of carbonyl (C=O) groups is 3. The van der Waals surface area contributed by atoms with Crippen LogP contribution in [0.15, 0.2) is 122 Å². The van der Waals surface area contributed by atoms with Gasteiger partial charge >= 0.3 is 17.9 Å². The summed E-state index contributed by atoms with van der Waals surface area (Å²) in [6.45, 7) is 6.49. The first kappa shape index (κ1) is 75.8. The van der Waals surface area contributed by atoms with Crippen LogP contribution in [0.1, 0.15) is 310 Å². The van der Waals surface area contributed by atoms with Crippen molar-refractivity contribution < 1.29 is 28.6 Å². The lowest BCUT2D eigenvalue weighted by atomic mass is 10.1. The summed E-state index contributed by atoms with van der Waals surface area (Å²) in [7, 11) is 0. The molecule has 0 aromatic heterocycles. The molecular weight excluding hydrogens is 985 g/mol. The molecule has 0 aliphatic heterocycles. The van der Waals surface area contributed by atoms with Crippen molar-refractivity contribution in [2.45, 2.75) is 316 Å². The summed E-state index contributed by atoms with van der Waals surface area (Å²) in [6, 6.07) is 0. The van der Waals surface area contributed by atoms with Crippen LogP contribution in [-0.4, -0.2) is 37.2 Å². The summed E-state index contributed by atoms with van der Waals surface area (Å²) < 4.78 is 16.9. The summed E-state index contributed by atoms with van der Waals surface area (Å²) in [5.74, 6) is -0.913. The van der Waals surface area contributed by atoms with Crippen LogP contribution < -0.4 is 0 Å². The van der Waals surface area contributed by atoms with Gasteiger partial charge in [-0.05, 0) is 135 Å². The Morgan fingerprint density at radius 1 is 0.263 bits per heavy atom. The van der Waals surface area contributed by atoms with Crippen molar-refractivity contribution in [3.05, 3.63) is 122 Å². The number of unbranched alkanes of at least 4 members (excludes halogenated alkanes) is 29. The van der Waals surface area contributed by atoms with E-state index in [9.17, 15) is 14.4 Å². The third-order valence-electron chi connectivity index (χ3n) is 14.2. The zero-order chi connectivity index (χ0) is 57.8. The van der Waals surface area contributed by atoms with Crippen LogP contribution in [0.5, 0.6) is 0 Å². The second kappa shape index (κ2) is 67.3. The first-order valence-electron chi connectivity index (χ1n) is 33.5. The molecule has 0 aromatic rings. The predicted octanol–water partition coefficient (Wildman–Crippen LogP) is 23.2. The molecule has 0 saturated heterocycles. The zero-order valence-electron chi connectivity index (χ0n) is 52.3. The van der Waals surface area contributed by atoms with Gasteiger partial charge < -0.3 is 14.2 Å². The normalized spacial score (nSPS) is 12.9. The molecule has 0 rings (SSSR count). The third-order valence-corrected chi connectivity index (χ3v) is 14.2. The Hall–Kier alpha value is -4.19. The number of hydrogen-bond donors (Lipinski definition) is 0. The number of carbonyl (C=O) groups excluding carboxylic acids is 3. The number of allylic oxidation sites excluding steroid dienone is 20. The van der Waals surface area contributed by atoms with E-state index in [-0.39, 0.29) is 31.1 Å². The number of hydrogen-bond acceptors (Lipinski definition) is 6. The Morgan fingerprint density at radius 3 is 0.800 bits per heavy atom. The Labute approximate surface area is 494 Å². The third kappa shape index (κ3) is 64.6. The maximum atomic E-state index is 12.9. The number of esters is 3. The highest BCUT2D eigenvalue weighted by Gasteiger charge is 2.19. The van der Waals surface area contributed by atoms with E-state index in [1.165, 1.54) is 135 Å². The second-order valence-corrected chi connectivity index (χ2v) is 22.0. The Bertz CT molecular complexity index is 1650. The van der Waals surface area contributed by atoms with Gasteiger partial charge in [-0.15, -0.1) is 0 Å². The average Bonchev–Trinajstić information content (AvgIpc) is 3.46. The summed E-state index contributed by atoms with van der Waals surface area (Å²) in [5.41, 5.74) is 0. The van der Waals surface area contributed by atoms with Gasteiger partial charge in [-0.3, -0.25) is 14.4 Å². The van der Waals surface area contributed by atoms with E-state index in [2.05, 4.69) is 142 Å². The van der Waals surface area contributed by atoms with Crippen molar-refractivity contribution in [2.24, 2.45) is 0 Å². The molecule has 0 heterocycles. The quantitative estimate of drug-likeness (QED) is 0.0261. The molecule has 0 aliphatic carbocycles. The summed E-state index contributed by atoms with van der Waals surface area (Å²) in [6.07, 6.45) is 93.4. The summed E-state index contributed by atoms with van der Waals surface area (Å²) in [4.78, 5) is 38.4. The molecule has 0 spiro atoms. The van der Waals surface area contributed by atoms with Gasteiger partial charge in [-0.25, -0.2) is 0 Å². The Kier molecular flexibility index (Phi) is 63.8. The lowest BCUT2D eigenvalue weighted by molar-refractivity contribution is -0.167. The second-order valence-electron chi connectivity index (χ2n) is 22.0. The number of rotatable bonds is 60. The summed E-state index contributed by atoms with van der Waals surface area (Å²) >= 11 is 0. The molecule has 0 radical (unpaired) electrons. The first-order chi connectivity index (χ1) is 39.5. The van der Waals surface area contributed by atoms with Crippen molar-refractivity contribution in [3.63, 3.8) is 0 Å². The molecule has 0 aliphatic rings. The average molecular weight is 1110 g/mol. The molecule has 0 saturated carbocycles. The van der Waals surface area contributed by atoms with Crippen LogP contribution in [0, 0.1) is 0 Å². The summed E-state index contributed by atoms with van der Waals surface area (Å²) in [5, 5.41) is 0. The topological polar surface area (TPSA) is 78.9 Å². The van der Waals surface area contributed by atoms with E-state index < -0.39 is 6.10 Å². The van der Waals surface area contributed by atoms with Gasteiger partial charge in [0.05, 0.1) is 0 Å². The minimum atomic E-state index is -0.797. The molecule has 0 bridgehead atoms. The minimum Gasteiger partial charge on any atom is -0.462 e. The predicted molar refractivity (Wildman–Crippen MR) is 348 cm³/mol. The van der Waals surface area contributed by atoms with Gasteiger partial charge in [0.2, 0.25) is 0 Å². The molecule has 1 unspecified atom stereocenters. The standard InChI is InChI=1S/C74H124O6/c1-4-7-10-13-16-19-22-25-28-31-33-34-35-36-37-38-39-40-42-43-46-49-52-55-58-61-64-67-73(76)79-70-71(69-78-72(75)66-63-60-57-54-51-48-45-30-27-24-21-18-15-12-9-6-3)80-74(77)68-65-62-59-56-53-50-47-44-41-32-29-26-23-20-17-14-11-8-5-2/h7,10,16-17,19-20,25-26,28-30,33-34,36-37,39-41,44-45,71H,4-6,8-9,11-15,18,21-24,27,31-32,35,38,42-43,46-70H2,1-3H3/b10-7-,19-16-,20-17-,28-25-,29-26-,34-33-,37-36-,40-39-,44-41-,45-30-. The van der Waals surface area contributed by atoms with E-state index in [4.69, 9.17) is 14.2 Å². The van der Waals surface area contributed by atoms with Crippen molar-refractivity contribution in [2.75, 3.05) is 13.2 Å². The van der Waals surface area contributed by atoms with Crippen LogP contribution in [0.25, 0.3) is 0 Å². The molecule has 6 heteroatoms. The van der Waals surface area contributed by atoms with Gasteiger partial charge in [0.1, 0.15) is 13.2 Å². The molecule has 456 valence electrons. The van der Waals surface area contributed by atoms with Crippen molar-refractivity contribution in [1.82, 2.24) is 0 Å². The maximum Gasteiger partial charge on any atom is 0.306 e. The smallest absolute Gasteiger partial charge is 0.306 e.